The molecule has 0 radical (unpaired) electrons. The highest BCUT2D eigenvalue weighted by molar-refractivity contribution is 5.95. The Hall–Kier alpha value is -3.68. The molecule has 3 aromatic heterocycles. The molecule has 1 amide bonds. The number of rotatable bonds is 5. The SMILES string of the molecule is Cc1cc(C)n(-c2ccc(=O)n(CCNC(=O)c3cc4ccccc4o3)n2)n1. The maximum absolute atomic E-state index is 12.3. The van der Waals surface area contributed by atoms with Crippen molar-refractivity contribution in [1.29, 1.82) is 0 Å². The van der Waals surface area contributed by atoms with Gasteiger partial charge in [0.1, 0.15) is 5.58 Å². The predicted octanol–water partition coefficient (Wildman–Crippen LogP) is 2.22. The van der Waals surface area contributed by atoms with Gasteiger partial charge in [0.2, 0.25) is 0 Å². The average molecular weight is 377 g/mol. The van der Waals surface area contributed by atoms with Crippen LogP contribution in [0.4, 0.5) is 0 Å². The van der Waals surface area contributed by atoms with Gasteiger partial charge in [0, 0.05) is 23.7 Å². The molecule has 0 aliphatic carbocycles. The summed E-state index contributed by atoms with van der Waals surface area (Å²) in [5.41, 5.74) is 2.20. The predicted molar refractivity (Wildman–Crippen MR) is 104 cm³/mol. The number of aryl methyl sites for hydroxylation is 2. The minimum atomic E-state index is -0.334. The van der Waals surface area contributed by atoms with E-state index in [-0.39, 0.29) is 30.3 Å². The quantitative estimate of drug-likeness (QED) is 0.575. The molecule has 0 unspecified atom stereocenters. The lowest BCUT2D eigenvalue weighted by Gasteiger charge is -2.08. The Morgan fingerprint density at radius 2 is 1.93 bits per heavy atom. The van der Waals surface area contributed by atoms with Crippen molar-refractivity contribution in [3.05, 3.63) is 76.0 Å². The molecule has 8 nitrogen and oxygen atoms in total. The fourth-order valence-electron chi connectivity index (χ4n) is 3.03. The standard InChI is InChI=1S/C20H19N5O3/c1-13-11-14(2)25(22-13)18-7-8-19(26)24(23-18)10-9-21-20(27)17-12-15-5-3-4-6-16(15)28-17/h3-8,11-12H,9-10H2,1-2H3,(H,21,27). The van der Waals surface area contributed by atoms with Gasteiger partial charge in [-0.1, -0.05) is 18.2 Å². The van der Waals surface area contributed by atoms with Crippen molar-refractivity contribution in [2.24, 2.45) is 0 Å². The van der Waals surface area contributed by atoms with Crippen molar-refractivity contribution in [2.45, 2.75) is 20.4 Å². The van der Waals surface area contributed by atoms with Crippen LogP contribution < -0.4 is 10.9 Å². The molecular weight excluding hydrogens is 358 g/mol. The number of amides is 1. The number of furan rings is 1. The number of hydrogen-bond acceptors (Lipinski definition) is 5. The van der Waals surface area contributed by atoms with Gasteiger partial charge in [-0.15, -0.1) is 5.10 Å². The van der Waals surface area contributed by atoms with E-state index < -0.39 is 0 Å². The summed E-state index contributed by atoms with van der Waals surface area (Å²) in [7, 11) is 0. The van der Waals surface area contributed by atoms with Gasteiger partial charge in [-0.25, -0.2) is 9.36 Å². The number of carbonyl (C=O) groups excluding carboxylic acids is 1. The average Bonchev–Trinajstić information content (AvgIpc) is 3.26. The fourth-order valence-corrected chi connectivity index (χ4v) is 3.03. The van der Waals surface area contributed by atoms with Gasteiger partial charge in [-0.3, -0.25) is 9.59 Å². The van der Waals surface area contributed by atoms with Crippen LogP contribution in [0.1, 0.15) is 21.9 Å². The van der Waals surface area contributed by atoms with Gasteiger partial charge in [0.15, 0.2) is 11.6 Å². The zero-order valence-corrected chi connectivity index (χ0v) is 15.5. The van der Waals surface area contributed by atoms with Gasteiger partial charge in [-0.05, 0) is 38.1 Å². The van der Waals surface area contributed by atoms with Gasteiger partial charge >= 0.3 is 0 Å². The first-order valence-electron chi connectivity index (χ1n) is 8.90. The molecule has 0 aliphatic heterocycles. The molecule has 0 atom stereocenters. The smallest absolute Gasteiger partial charge is 0.287 e. The third-order valence-electron chi connectivity index (χ3n) is 4.34. The van der Waals surface area contributed by atoms with Gasteiger partial charge < -0.3 is 9.73 Å². The molecule has 3 heterocycles. The molecule has 4 aromatic rings. The number of fused-ring (bicyclic) bond motifs is 1. The summed E-state index contributed by atoms with van der Waals surface area (Å²) in [6, 6.07) is 14.1. The van der Waals surface area contributed by atoms with Crippen LogP contribution >= 0.6 is 0 Å². The first kappa shape index (κ1) is 17.7. The number of benzene rings is 1. The largest absolute Gasteiger partial charge is 0.451 e. The van der Waals surface area contributed by atoms with Crippen LogP contribution in [0, 0.1) is 13.8 Å². The van der Waals surface area contributed by atoms with Crippen molar-refractivity contribution in [3.63, 3.8) is 0 Å². The molecule has 142 valence electrons. The highest BCUT2D eigenvalue weighted by atomic mass is 16.3. The molecule has 1 aromatic carbocycles. The van der Waals surface area contributed by atoms with E-state index in [1.54, 1.807) is 22.9 Å². The second-order valence-corrected chi connectivity index (χ2v) is 6.50. The van der Waals surface area contributed by atoms with E-state index in [1.165, 1.54) is 10.7 Å². The van der Waals surface area contributed by atoms with Crippen LogP contribution in [0.3, 0.4) is 0 Å². The topological polar surface area (TPSA) is 95.0 Å². The molecule has 28 heavy (non-hydrogen) atoms. The number of carbonyl (C=O) groups is 1. The van der Waals surface area contributed by atoms with Gasteiger partial charge in [-0.2, -0.15) is 5.10 Å². The van der Waals surface area contributed by atoms with E-state index in [2.05, 4.69) is 15.5 Å². The minimum absolute atomic E-state index is 0.234. The van der Waals surface area contributed by atoms with Gasteiger partial charge in [0.25, 0.3) is 11.5 Å². The summed E-state index contributed by atoms with van der Waals surface area (Å²) in [4.78, 5) is 24.4. The lowest BCUT2D eigenvalue weighted by molar-refractivity contribution is 0.0926. The van der Waals surface area contributed by atoms with E-state index in [9.17, 15) is 9.59 Å². The Kier molecular flexibility index (Phi) is 4.52. The van der Waals surface area contributed by atoms with E-state index in [0.29, 0.717) is 11.4 Å². The van der Waals surface area contributed by atoms with Crippen LogP contribution in [0.5, 0.6) is 0 Å². The second kappa shape index (κ2) is 7.15. The molecule has 1 N–H and O–H groups in total. The van der Waals surface area contributed by atoms with Crippen LogP contribution in [-0.2, 0) is 6.54 Å². The summed E-state index contributed by atoms with van der Waals surface area (Å²) >= 11 is 0. The zero-order chi connectivity index (χ0) is 19.7. The Morgan fingerprint density at radius 3 is 2.68 bits per heavy atom. The summed E-state index contributed by atoms with van der Waals surface area (Å²) < 4.78 is 8.53. The molecule has 0 bridgehead atoms. The lowest BCUT2D eigenvalue weighted by atomic mass is 10.2. The highest BCUT2D eigenvalue weighted by Crippen LogP contribution is 2.18. The molecule has 0 fully saturated rings. The van der Waals surface area contributed by atoms with Crippen LogP contribution in [0.15, 0.2) is 57.7 Å². The number of nitrogens with zero attached hydrogens (tertiary/aromatic N) is 4. The summed E-state index contributed by atoms with van der Waals surface area (Å²) in [5.74, 6) is 0.450. The van der Waals surface area contributed by atoms with E-state index in [0.717, 1.165) is 16.8 Å². The summed E-state index contributed by atoms with van der Waals surface area (Å²) in [6.45, 7) is 4.29. The normalized spacial score (nSPS) is 11.1. The third kappa shape index (κ3) is 3.44. The Morgan fingerprint density at radius 1 is 1.11 bits per heavy atom. The third-order valence-corrected chi connectivity index (χ3v) is 4.34. The van der Waals surface area contributed by atoms with Crippen LogP contribution in [0.2, 0.25) is 0 Å². The maximum Gasteiger partial charge on any atom is 0.287 e. The van der Waals surface area contributed by atoms with Crippen molar-refractivity contribution in [3.8, 4) is 5.82 Å². The highest BCUT2D eigenvalue weighted by Gasteiger charge is 2.12. The zero-order valence-electron chi connectivity index (χ0n) is 15.5. The second-order valence-electron chi connectivity index (χ2n) is 6.50. The molecule has 8 heteroatoms. The molecule has 0 saturated carbocycles. The minimum Gasteiger partial charge on any atom is -0.451 e. The van der Waals surface area contributed by atoms with Crippen molar-refractivity contribution in [2.75, 3.05) is 6.54 Å². The fraction of sp³-hybridized carbons (Fsp3) is 0.200. The summed E-state index contributed by atoms with van der Waals surface area (Å²) in [6.07, 6.45) is 0. The van der Waals surface area contributed by atoms with Crippen molar-refractivity contribution >= 4 is 16.9 Å². The Bertz CT molecular complexity index is 1190. The molecule has 4 rings (SSSR count). The number of nitrogens with one attached hydrogen (secondary N) is 1. The van der Waals surface area contributed by atoms with E-state index in [4.69, 9.17) is 4.42 Å². The molecular formula is C20H19N5O3. The number of para-hydroxylation sites is 1. The van der Waals surface area contributed by atoms with Crippen LogP contribution in [0.25, 0.3) is 16.8 Å². The Balaban J connectivity index is 1.46. The van der Waals surface area contributed by atoms with Gasteiger partial charge in [0.05, 0.1) is 12.2 Å². The number of hydrogen-bond donors (Lipinski definition) is 1. The van der Waals surface area contributed by atoms with Crippen molar-refractivity contribution in [1.82, 2.24) is 24.9 Å². The first-order chi connectivity index (χ1) is 13.5. The molecule has 0 spiro atoms. The van der Waals surface area contributed by atoms with E-state index in [1.807, 2.05) is 38.1 Å². The van der Waals surface area contributed by atoms with Crippen molar-refractivity contribution < 1.29 is 9.21 Å². The molecule has 0 aliphatic rings. The monoisotopic (exact) mass is 377 g/mol. The first-order valence-corrected chi connectivity index (χ1v) is 8.90. The lowest BCUT2D eigenvalue weighted by Crippen LogP contribution is -2.32. The van der Waals surface area contributed by atoms with E-state index >= 15 is 0 Å². The molecule has 0 saturated heterocycles. The summed E-state index contributed by atoms with van der Waals surface area (Å²) in [5, 5.41) is 12.3. The number of aromatic nitrogens is 4. The Labute approximate surface area is 160 Å². The maximum atomic E-state index is 12.3. The van der Waals surface area contributed by atoms with Crippen LogP contribution in [-0.4, -0.2) is 32.0 Å².